The minimum Gasteiger partial charge on any atom is -0.380 e. The lowest BCUT2D eigenvalue weighted by atomic mass is 10.1. The first kappa shape index (κ1) is 14.5. The van der Waals surface area contributed by atoms with Crippen LogP contribution in [0.2, 0.25) is 0 Å². The summed E-state index contributed by atoms with van der Waals surface area (Å²) in [6.45, 7) is 0.994. The van der Waals surface area contributed by atoms with E-state index in [1.165, 1.54) is 0 Å². The Morgan fingerprint density at radius 1 is 1.14 bits per heavy atom. The molecule has 1 atom stereocenters. The highest BCUT2D eigenvalue weighted by atomic mass is 32.2. The predicted molar refractivity (Wildman–Crippen MR) is 82.7 cm³/mol. The molecule has 0 spiro atoms. The summed E-state index contributed by atoms with van der Waals surface area (Å²) in [5, 5.41) is 1.72. The molecule has 0 amide bonds. The van der Waals surface area contributed by atoms with Crippen molar-refractivity contribution in [3.8, 4) is 0 Å². The molecule has 1 heterocycles. The van der Waals surface area contributed by atoms with E-state index in [2.05, 4.69) is 0 Å². The van der Waals surface area contributed by atoms with Gasteiger partial charge in [-0.15, -0.1) is 0 Å². The first-order valence-electron chi connectivity index (χ1n) is 7.13. The van der Waals surface area contributed by atoms with Crippen molar-refractivity contribution in [2.45, 2.75) is 23.8 Å². The van der Waals surface area contributed by atoms with Crippen LogP contribution in [0.4, 0.5) is 0 Å². The Labute approximate surface area is 125 Å². The van der Waals surface area contributed by atoms with Crippen LogP contribution >= 0.6 is 0 Å². The highest BCUT2D eigenvalue weighted by Crippen LogP contribution is 2.27. The van der Waals surface area contributed by atoms with Gasteiger partial charge in [-0.3, -0.25) is 0 Å². The van der Waals surface area contributed by atoms with Gasteiger partial charge in [-0.25, -0.2) is 8.42 Å². The molecule has 21 heavy (non-hydrogen) atoms. The van der Waals surface area contributed by atoms with Gasteiger partial charge >= 0.3 is 0 Å². The van der Waals surface area contributed by atoms with Gasteiger partial charge in [-0.1, -0.05) is 36.4 Å². The van der Waals surface area contributed by atoms with E-state index < -0.39 is 10.0 Å². The Kier molecular flexibility index (Phi) is 3.97. The summed E-state index contributed by atoms with van der Waals surface area (Å²) < 4.78 is 32.7. The number of ether oxygens (including phenoxy) is 1. The molecule has 0 aliphatic carbocycles. The molecular weight excluding hydrogens is 286 g/mol. The smallest absolute Gasteiger partial charge is 0.243 e. The van der Waals surface area contributed by atoms with Crippen LogP contribution in [0.3, 0.4) is 0 Å². The van der Waals surface area contributed by atoms with E-state index in [1.54, 1.807) is 23.5 Å². The molecule has 2 aromatic carbocycles. The van der Waals surface area contributed by atoms with E-state index in [9.17, 15) is 8.42 Å². The van der Waals surface area contributed by atoms with E-state index in [0.29, 0.717) is 18.0 Å². The van der Waals surface area contributed by atoms with Crippen LogP contribution in [0.1, 0.15) is 12.8 Å². The van der Waals surface area contributed by atoms with Gasteiger partial charge < -0.3 is 4.74 Å². The van der Waals surface area contributed by atoms with Gasteiger partial charge in [0, 0.05) is 25.6 Å². The van der Waals surface area contributed by atoms with Crippen LogP contribution in [0.25, 0.3) is 10.8 Å². The van der Waals surface area contributed by atoms with Crippen LogP contribution in [-0.2, 0) is 14.8 Å². The summed E-state index contributed by atoms with van der Waals surface area (Å²) in [4.78, 5) is 0.386. The zero-order chi connectivity index (χ0) is 14.9. The number of rotatable bonds is 3. The summed E-state index contributed by atoms with van der Waals surface area (Å²) in [6.07, 6.45) is 1.74. The lowest BCUT2D eigenvalue weighted by Gasteiger charge is -2.31. The molecular formula is C16H19NO3S. The number of piperidine rings is 1. The molecule has 0 N–H and O–H groups in total. The third-order valence-electron chi connectivity index (χ3n) is 4.04. The number of hydrogen-bond acceptors (Lipinski definition) is 3. The van der Waals surface area contributed by atoms with Crippen LogP contribution in [0, 0.1) is 0 Å². The molecule has 1 unspecified atom stereocenters. The van der Waals surface area contributed by atoms with Crippen molar-refractivity contribution in [3.63, 3.8) is 0 Å². The maximum Gasteiger partial charge on any atom is 0.243 e. The molecule has 1 aliphatic rings. The second kappa shape index (κ2) is 5.75. The Bertz CT molecular complexity index is 737. The summed E-state index contributed by atoms with van der Waals surface area (Å²) in [5.74, 6) is 0. The Balaban J connectivity index is 2.04. The van der Waals surface area contributed by atoms with Crippen molar-refractivity contribution in [1.29, 1.82) is 0 Å². The van der Waals surface area contributed by atoms with Crippen molar-refractivity contribution in [3.05, 3.63) is 42.5 Å². The highest BCUT2D eigenvalue weighted by molar-refractivity contribution is 7.89. The zero-order valence-corrected chi connectivity index (χ0v) is 12.8. The number of hydrogen-bond donors (Lipinski definition) is 0. The molecule has 1 fully saturated rings. The molecule has 4 nitrogen and oxygen atoms in total. The van der Waals surface area contributed by atoms with Gasteiger partial charge in [0.05, 0.1) is 11.0 Å². The maximum absolute atomic E-state index is 12.9. The highest BCUT2D eigenvalue weighted by Gasteiger charge is 2.31. The lowest BCUT2D eigenvalue weighted by molar-refractivity contribution is 0.0572. The predicted octanol–water partition coefficient (Wildman–Crippen LogP) is 2.64. The number of fused-ring (bicyclic) bond motifs is 1. The second-order valence-electron chi connectivity index (χ2n) is 5.34. The van der Waals surface area contributed by atoms with E-state index >= 15 is 0 Å². The van der Waals surface area contributed by atoms with Crippen LogP contribution in [0.5, 0.6) is 0 Å². The normalized spacial score (nSPS) is 20.7. The molecule has 0 aromatic heterocycles. The van der Waals surface area contributed by atoms with Crippen LogP contribution in [-0.4, -0.2) is 39.0 Å². The molecule has 0 bridgehead atoms. The Hall–Kier alpha value is -1.43. The summed E-state index contributed by atoms with van der Waals surface area (Å²) in [5.41, 5.74) is 0. The number of methoxy groups -OCH3 is 1. The standard InChI is InChI=1S/C16H19NO3S/c1-20-14-8-5-11-17(12-14)21(18,19)16-10-4-7-13-6-2-3-9-15(13)16/h2-4,6-7,9-10,14H,5,8,11-12H2,1H3. The van der Waals surface area contributed by atoms with E-state index in [1.807, 2.05) is 30.3 Å². The fraction of sp³-hybridized carbons (Fsp3) is 0.375. The number of sulfonamides is 1. The monoisotopic (exact) mass is 305 g/mol. The minimum atomic E-state index is -3.48. The largest absolute Gasteiger partial charge is 0.380 e. The topological polar surface area (TPSA) is 46.6 Å². The zero-order valence-electron chi connectivity index (χ0n) is 12.0. The Morgan fingerprint density at radius 2 is 1.90 bits per heavy atom. The van der Waals surface area contributed by atoms with Crippen molar-refractivity contribution >= 4 is 20.8 Å². The van der Waals surface area contributed by atoms with Gasteiger partial charge in [0.2, 0.25) is 10.0 Å². The van der Waals surface area contributed by atoms with Crippen LogP contribution < -0.4 is 0 Å². The average molecular weight is 305 g/mol. The SMILES string of the molecule is COC1CCCN(S(=O)(=O)c2cccc3ccccc23)C1. The van der Waals surface area contributed by atoms with Gasteiger partial charge in [-0.2, -0.15) is 4.31 Å². The molecule has 1 saturated heterocycles. The lowest BCUT2D eigenvalue weighted by Crippen LogP contribution is -2.42. The summed E-state index contributed by atoms with van der Waals surface area (Å²) >= 11 is 0. The molecule has 0 radical (unpaired) electrons. The fourth-order valence-electron chi connectivity index (χ4n) is 2.88. The third kappa shape index (κ3) is 2.69. The Morgan fingerprint density at radius 3 is 2.71 bits per heavy atom. The summed E-state index contributed by atoms with van der Waals surface area (Å²) in [6, 6.07) is 13.0. The van der Waals surface area contributed by atoms with E-state index in [0.717, 1.165) is 23.6 Å². The van der Waals surface area contributed by atoms with Crippen molar-refractivity contribution in [1.82, 2.24) is 4.31 Å². The van der Waals surface area contributed by atoms with Gasteiger partial charge in [0.25, 0.3) is 0 Å². The van der Waals surface area contributed by atoms with Crippen molar-refractivity contribution in [2.24, 2.45) is 0 Å². The number of benzene rings is 2. The van der Waals surface area contributed by atoms with Crippen molar-refractivity contribution in [2.75, 3.05) is 20.2 Å². The van der Waals surface area contributed by atoms with Crippen molar-refractivity contribution < 1.29 is 13.2 Å². The van der Waals surface area contributed by atoms with Crippen LogP contribution in [0.15, 0.2) is 47.4 Å². The first-order valence-corrected chi connectivity index (χ1v) is 8.57. The molecule has 5 heteroatoms. The van der Waals surface area contributed by atoms with Gasteiger partial charge in [0.1, 0.15) is 0 Å². The second-order valence-corrected chi connectivity index (χ2v) is 7.25. The minimum absolute atomic E-state index is 0.0106. The first-order chi connectivity index (χ1) is 10.1. The van der Waals surface area contributed by atoms with Gasteiger partial charge in [0.15, 0.2) is 0 Å². The fourth-order valence-corrected chi connectivity index (χ4v) is 4.60. The quantitative estimate of drug-likeness (QED) is 0.876. The third-order valence-corrected chi connectivity index (χ3v) is 5.96. The summed E-state index contributed by atoms with van der Waals surface area (Å²) in [7, 11) is -1.84. The molecule has 112 valence electrons. The molecule has 0 saturated carbocycles. The maximum atomic E-state index is 12.9. The van der Waals surface area contributed by atoms with Gasteiger partial charge in [-0.05, 0) is 24.3 Å². The molecule has 1 aliphatic heterocycles. The molecule has 3 rings (SSSR count). The average Bonchev–Trinajstić information content (AvgIpc) is 2.54. The number of nitrogens with zero attached hydrogens (tertiary/aromatic N) is 1. The van der Waals surface area contributed by atoms with E-state index in [4.69, 9.17) is 4.74 Å². The molecule has 2 aromatic rings. The van der Waals surface area contributed by atoms with E-state index in [-0.39, 0.29) is 6.10 Å².